The molecule has 0 aromatic heterocycles. The highest BCUT2D eigenvalue weighted by Gasteiger charge is 2.06. The topological polar surface area (TPSA) is 68.8 Å². The third-order valence-electron chi connectivity index (χ3n) is 4.68. The van der Waals surface area contributed by atoms with Gasteiger partial charge in [0.25, 0.3) is 0 Å². The minimum Gasteiger partial charge on any atom is -0.357 e. The Labute approximate surface area is 171 Å². The SMILES string of the molecule is CCNC(=NCCc1ccc(NC(C)=O)cc1)NC(C)CCCN(CC)CC. The summed E-state index contributed by atoms with van der Waals surface area (Å²) in [6.45, 7) is 15.2. The van der Waals surface area contributed by atoms with Gasteiger partial charge in [-0.25, -0.2) is 0 Å². The average molecular weight is 390 g/mol. The lowest BCUT2D eigenvalue weighted by Crippen LogP contribution is -2.42. The Morgan fingerprint density at radius 3 is 2.39 bits per heavy atom. The van der Waals surface area contributed by atoms with Crippen molar-refractivity contribution in [2.75, 3.05) is 38.0 Å². The number of nitrogens with one attached hydrogen (secondary N) is 3. The molecule has 0 aliphatic heterocycles. The number of guanidine groups is 1. The molecule has 0 heterocycles. The quantitative estimate of drug-likeness (QED) is 0.379. The number of hydrogen-bond donors (Lipinski definition) is 3. The maximum absolute atomic E-state index is 11.1. The molecule has 0 spiro atoms. The standard InChI is InChI=1S/C22H39N5O/c1-6-23-22(25-18(4)10-9-17-27(7-2)8-3)24-16-15-20-11-13-21(14-12-20)26-19(5)28/h11-14,18H,6-10,15-17H2,1-5H3,(H,26,28)(H2,23,24,25). The van der Waals surface area contributed by atoms with Crippen LogP contribution in [0.5, 0.6) is 0 Å². The van der Waals surface area contributed by atoms with Gasteiger partial charge in [0.1, 0.15) is 0 Å². The Bertz CT molecular complexity index is 581. The first-order valence-electron chi connectivity index (χ1n) is 10.6. The summed E-state index contributed by atoms with van der Waals surface area (Å²) in [4.78, 5) is 18.3. The fourth-order valence-electron chi connectivity index (χ4n) is 3.04. The van der Waals surface area contributed by atoms with E-state index in [4.69, 9.17) is 4.99 Å². The molecule has 0 saturated heterocycles. The van der Waals surface area contributed by atoms with Gasteiger partial charge in [0, 0.05) is 31.7 Å². The third-order valence-corrected chi connectivity index (χ3v) is 4.68. The third kappa shape index (κ3) is 10.3. The predicted octanol–water partition coefficient (Wildman–Crippen LogP) is 3.25. The fraction of sp³-hybridized carbons (Fsp3) is 0.636. The predicted molar refractivity (Wildman–Crippen MR) is 120 cm³/mol. The van der Waals surface area contributed by atoms with E-state index in [1.165, 1.54) is 18.9 Å². The molecule has 1 atom stereocenters. The van der Waals surface area contributed by atoms with E-state index in [1.807, 2.05) is 24.3 Å². The summed E-state index contributed by atoms with van der Waals surface area (Å²) < 4.78 is 0. The number of hydrogen-bond acceptors (Lipinski definition) is 3. The molecule has 0 fully saturated rings. The van der Waals surface area contributed by atoms with Crippen LogP contribution < -0.4 is 16.0 Å². The molecule has 1 amide bonds. The number of amides is 1. The summed E-state index contributed by atoms with van der Waals surface area (Å²) in [6, 6.07) is 8.34. The molecule has 0 saturated carbocycles. The molecule has 3 N–H and O–H groups in total. The van der Waals surface area contributed by atoms with Crippen LogP contribution in [-0.4, -0.2) is 55.5 Å². The Hall–Kier alpha value is -2.08. The van der Waals surface area contributed by atoms with Crippen molar-refractivity contribution in [1.29, 1.82) is 0 Å². The molecule has 28 heavy (non-hydrogen) atoms. The molecular formula is C22H39N5O. The van der Waals surface area contributed by atoms with Crippen LogP contribution in [0.3, 0.4) is 0 Å². The molecule has 0 radical (unpaired) electrons. The lowest BCUT2D eigenvalue weighted by atomic mass is 10.1. The maximum atomic E-state index is 11.1. The number of carbonyl (C=O) groups excluding carboxylic acids is 1. The molecule has 1 rings (SSSR count). The zero-order chi connectivity index (χ0) is 20.8. The number of carbonyl (C=O) groups is 1. The molecule has 6 heteroatoms. The number of benzene rings is 1. The van der Waals surface area contributed by atoms with Gasteiger partial charge in [-0.1, -0.05) is 26.0 Å². The number of nitrogens with zero attached hydrogens (tertiary/aromatic N) is 2. The van der Waals surface area contributed by atoms with Gasteiger partial charge in [-0.15, -0.1) is 0 Å². The number of aliphatic imine (C=N–C) groups is 1. The summed E-state index contributed by atoms with van der Waals surface area (Å²) in [5, 5.41) is 9.64. The normalized spacial score (nSPS) is 12.7. The lowest BCUT2D eigenvalue weighted by molar-refractivity contribution is -0.114. The Morgan fingerprint density at radius 2 is 1.82 bits per heavy atom. The van der Waals surface area contributed by atoms with Crippen LogP contribution in [0.4, 0.5) is 5.69 Å². The smallest absolute Gasteiger partial charge is 0.221 e. The van der Waals surface area contributed by atoms with Crippen molar-refractivity contribution in [3.63, 3.8) is 0 Å². The van der Waals surface area contributed by atoms with Gasteiger partial charge < -0.3 is 20.9 Å². The van der Waals surface area contributed by atoms with Crippen molar-refractivity contribution in [3.8, 4) is 0 Å². The Kier molecular flexibility index (Phi) is 12.0. The second-order valence-corrected chi connectivity index (χ2v) is 7.10. The van der Waals surface area contributed by atoms with E-state index in [0.29, 0.717) is 6.04 Å². The van der Waals surface area contributed by atoms with Crippen LogP contribution in [-0.2, 0) is 11.2 Å². The summed E-state index contributed by atoms with van der Waals surface area (Å²) in [5.74, 6) is 0.831. The zero-order valence-corrected chi connectivity index (χ0v) is 18.3. The molecule has 6 nitrogen and oxygen atoms in total. The highest BCUT2D eigenvalue weighted by atomic mass is 16.1. The van der Waals surface area contributed by atoms with E-state index in [2.05, 4.69) is 48.5 Å². The van der Waals surface area contributed by atoms with Crippen molar-refractivity contribution in [1.82, 2.24) is 15.5 Å². The van der Waals surface area contributed by atoms with E-state index < -0.39 is 0 Å². The van der Waals surface area contributed by atoms with Crippen LogP contribution in [0.1, 0.15) is 53.0 Å². The minimum absolute atomic E-state index is 0.0510. The number of anilines is 1. The van der Waals surface area contributed by atoms with Crippen molar-refractivity contribution < 1.29 is 4.79 Å². The van der Waals surface area contributed by atoms with Crippen molar-refractivity contribution in [2.45, 2.75) is 59.9 Å². The first-order chi connectivity index (χ1) is 13.5. The van der Waals surface area contributed by atoms with E-state index in [-0.39, 0.29) is 5.91 Å². The van der Waals surface area contributed by atoms with E-state index in [9.17, 15) is 4.79 Å². The molecule has 158 valence electrons. The molecule has 1 unspecified atom stereocenters. The van der Waals surface area contributed by atoms with Crippen LogP contribution in [0.15, 0.2) is 29.3 Å². The van der Waals surface area contributed by atoms with Crippen molar-refractivity contribution >= 4 is 17.6 Å². The van der Waals surface area contributed by atoms with Gasteiger partial charge in [0.2, 0.25) is 5.91 Å². The van der Waals surface area contributed by atoms with E-state index >= 15 is 0 Å². The Morgan fingerprint density at radius 1 is 1.14 bits per heavy atom. The average Bonchev–Trinajstić information content (AvgIpc) is 2.66. The second-order valence-electron chi connectivity index (χ2n) is 7.10. The van der Waals surface area contributed by atoms with Gasteiger partial charge in [-0.05, 0) is 70.4 Å². The lowest BCUT2D eigenvalue weighted by Gasteiger charge is -2.21. The van der Waals surface area contributed by atoms with Crippen molar-refractivity contribution in [2.24, 2.45) is 4.99 Å². The summed E-state index contributed by atoms with van der Waals surface area (Å²) in [5.41, 5.74) is 2.04. The van der Waals surface area contributed by atoms with E-state index in [1.54, 1.807) is 0 Å². The van der Waals surface area contributed by atoms with Crippen LogP contribution in [0.2, 0.25) is 0 Å². The molecule has 0 bridgehead atoms. The first-order valence-corrected chi connectivity index (χ1v) is 10.6. The molecular weight excluding hydrogens is 350 g/mol. The molecule has 0 aliphatic rings. The van der Waals surface area contributed by atoms with Gasteiger partial charge >= 0.3 is 0 Å². The Balaban J connectivity index is 2.44. The highest BCUT2D eigenvalue weighted by Crippen LogP contribution is 2.10. The van der Waals surface area contributed by atoms with Gasteiger partial charge in [-0.3, -0.25) is 9.79 Å². The van der Waals surface area contributed by atoms with Gasteiger partial charge in [0.05, 0.1) is 0 Å². The van der Waals surface area contributed by atoms with Crippen LogP contribution in [0, 0.1) is 0 Å². The summed E-state index contributed by atoms with van der Waals surface area (Å²) >= 11 is 0. The summed E-state index contributed by atoms with van der Waals surface area (Å²) in [7, 11) is 0. The number of rotatable bonds is 12. The zero-order valence-electron chi connectivity index (χ0n) is 18.3. The fourth-order valence-corrected chi connectivity index (χ4v) is 3.04. The molecule has 0 aliphatic carbocycles. The van der Waals surface area contributed by atoms with Crippen molar-refractivity contribution in [3.05, 3.63) is 29.8 Å². The molecule has 1 aromatic rings. The van der Waals surface area contributed by atoms with Crippen LogP contribution >= 0.6 is 0 Å². The monoisotopic (exact) mass is 389 g/mol. The van der Waals surface area contributed by atoms with Gasteiger partial charge in [0.15, 0.2) is 5.96 Å². The first kappa shape index (κ1) is 24.0. The van der Waals surface area contributed by atoms with E-state index in [0.717, 1.165) is 57.2 Å². The second kappa shape index (κ2) is 14.0. The minimum atomic E-state index is -0.0510. The molecule has 1 aromatic carbocycles. The maximum Gasteiger partial charge on any atom is 0.221 e. The largest absolute Gasteiger partial charge is 0.357 e. The highest BCUT2D eigenvalue weighted by molar-refractivity contribution is 5.88. The van der Waals surface area contributed by atoms with Crippen LogP contribution in [0.25, 0.3) is 0 Å². The van der Waals surface area contributed by atoms with Gasteiger partial charge in [-0.2, -0.15) is 0 Å². The summed E-state index contributed by atoms with van der Waals surface area (Å²) in [6.07, 6.45) is 3.19.